The van der Waals surface area contributed by atoms with Crippen molar-refractivity contribution in [2.45, 2.75) is 13.3 Å². The molecule has 0 aromatic heterocycles. The number of rotatable bonds is 6. The second kappa shape index (κ2) is 8.35. The van der Waals surface area contributed by atoms with E-state index < -0.39 is 5.97 Å². The molecule has 25 heavy (non-hydrogen) atoms. The number of hydrogen-bond donors (Lipinski definition) is 2. The van der Waals surface area contributed by atoms with Crippen LogP contribution in [-0.2, 0) is 16.0 Å². The van der Waals surface area contributed by atoms with E-state index in [0.717, 1.165) is 5.56 Å². The third-order valence-corrected chi connectivity index (χ3v) is 4.04. The second-order valence-corrected chi connectivity index (χ2v) is 5.77. The molecule has 0 saturated carbocycles. The summed E-state index contributed by atoms with van der Waals surface area (Å²) >= 11 is 5.89. The third kappa shape index (κ3) is 4.39. The normalized spacial score (nSPS) is 12.5. The minimum absolute atomic E-state index is 0.0235. The lowest BCUT2D eigenvalue weighted by Gasteiger charge is -2.14. The lowest BCUT2D eigenvalue weighted by molar-refractivity contribution is -0.130. The first-order valence-electron chi connectivity index (χ1n) is 7.51. The van der Waals surface area contributed by atoms with Gasteiger partial charge >= 0.3 is 5.97 Å². The molecule has 2 N–H and O–H groups in total. The van der Waals surface area contributed by atoms with Crippen LogP contribution in [-0.4, -0.2) is 29.1 Å². The Labute approximate surface area is 150 Å². The zero-order valence-electron chi connectivity index (χ0n) is 13.9. The summed E-state index contributed by atoms with van der Waals surface area (Å²) in [6.45, 7) is 1.58. The Morgan fingerprint density at radius 2 is 1.72 bits per heavy atom. The molecule has 2 rings (SSSR count). The highest BCUT2D eigenvalue weighted by Crippen LogP contribution is 2.25. The molecule has 0 atom stereocenters. The number of nitrogens with zero attached hydrogens (tertiary/aromatic N) is 1. The Hall–Kier alpha value is -2.79. The molecule has 0 aliphatic carbocycles. The van der Waals surface area contributed by atoms with Gasteiger partial charge in [0.2, 0.25) is 0 Å². The van der Waals surface area contributed by atoms with Crippen LogP contribution in [0.2, 0.25) is 5.02 Å². The van der Waals surface area contributed by atoms with Gasteiger partial charge in [0.15, 0.2) is 0 Å². The Morgan fingerprint density at radius 3 is 2.24 bits per heavy atom. The number of halogens is 1. The van der Waals surface area contributed by atoms with E-state index in [1.807, 2.05) is 12.1 Å². The van der Waals surface area contributed by atoms with Gasteiger partial charge in [0.25, 0.3) is 0 Å². The number of carboxylic acids is 1. The molecule has 130 valence electrons. The minimum Gasteiger partial charge on any atom is -0.500 e. The molecule has 0 spiro atoms. The second-order valence-electron chi connectivity index (χ2n) is 5.34. The number of hydrogen-bond acceptors (Lipinski definition) is 4. The van der Waals surface area contributed by atoms with E-state index in [1.165, 1.54) is 7.11 Å². The van der Waals surface area contributed by atoms with Crippen molar-refractivity contribution >= 4 is 28.9 Å². The molecule has 0 fully saturated rings. The first-order valence-corrected chi connectivity index (χ1v) is 7.89. The van der Waals surface area contributed by atoms with Crippen LogP contribution in [0.15, 0.2) is 59.4 Å². The van der Waals surface area contributed by atoms with Crippen molar-refractivity contribution in [2.24, 2.45) is 5.16 Å². The molecule has 0 aliphatic heterocycles. The van der Waals surface area contributed by atoms with Gasteiger partial charge in [0.05, 0.1) is 12.8 Å². The summed E-state index contributed by atoms with van der Waals surface area (Å²) in [6.07, 6.45) is 0.323. The number of benzene rings is 2. The number of ether oxygens (including phenoxy) is 1. The van der Waals surface area contributed by atoms with Crippen molar-refractivity contribution in [3.05, 3.63) is 76.0 Å². The largest absolute Gasteiger partial charge is 0.500 e. The smallest absolute Gasteiger partial charge is 0.339 e. The van der Waals surface area contributed by atoms with Crippen molar-refractivity contribution < 1.29 is 19.8 Å². The summed E-state index contributed by atoms with van der Waals surface area (Å²) in [5, 5.41) is 23.1. The highest BCUT2D eigenvalue weighted by molar-refractivity contribution is 6.30. The predicted molar refractivity (Wildman–Crippen MR) is 97.2 cm³/mol. The summed E-state index contributed by atoms with van der Waals surface area (Å²) in [4.78, 5) is 11.7. The van der Waals surface area contributed by atoms with Crippen LogP contribution < -0.4 is 0 Å². The van der Waals surface area contributed by atoms with Gasteiger partial charge in [0.1, 0.15) is 11.3 Å². The average Bonchev–Trinajstić information content (AvgIpc) is 2.61. The molecule has 0 amide bonds. The summed E-state index contributed by atoms with van der Waals surface area (Å²) < 4.78 is 5.11. The minimum atomic E-state index is -1.12. The van der Waals surface area contributed by atoms with Gasteiger partial charge in [-0.3, -0.25) is 0 Å². The van der Waals surface area contributed by atoms with Crippen LogP contribution in [0.5, 0.6) is 0 Å². The molecular formula is C19H18ClNO4. The van der Waals surface area contributed by atoms with Crippen LogP contribution in [0.1, 0.15) is 23.6 Å². The number of carbonyl (C=O) groups is 1. The monoisotopic (exact) mass is 359 g/mol. The van der Waals surface area contributed by atoms with Gasteiger partial charge in [0, 0.05) is 22.6 Å². The van der Waals surface area contributed by atoms with Gasteiger partial charge in [-0.1, -0.05) is 53.2 Å². The van der Waals surface area contributed by atoms with Crippen molar-refractivity contribution in [3.8, 4) is 0 Å². The van der Waals surface area contributed by atoms with E-state index in [0.29, 0.717) is 28.3 Å². The summed E-state index contributed by atoms with van der Waals surface area (Å²) in [7, 11) is 1.41. The van der Waals surface area contributed by atoms with Crippen LogP contribution in [0, 0.1) is 0 Å². The van der Waals surface area contributed by atoms with E-state index in [9.17, 15) is 15.1 Å². The molecule has 0 heterocycles. The van der Waals surface area contributed by atoms with Gasteiger partial charge in [-0.2, -0.15) is 0 Å². The summed E-state index contributed by atoms with van der Waals surface area (Å²) in [6, 6.07) is 14.0. The fraction of sp³-hybridized carbons (Fsp3) is 0.158. The Kier molecular flexibility index (Phi) is 6.19. The van der Waals surface area contributed by atoms with Crippen molar-refractivity contribution in [2.75, 3.05) is 7.11 Å². The van der Waals surface area contributed by atoms with Crippen LogP contribution in [0.4, 0.5) is 0 Å². The van der Waals surface area contributed by atoms with Crippen molar-refractivity contribution in [1.82, 2.24) is 0 Å². The number of oxime groups is 1. The Balaban J connectivity index is 2.51. The van der Waals surface area contributed by atoms with E-state index >= 15 is 0 Å². The SMILES string of the molecule is COC(C)=C(C(=O)O)c1ccccc1C(Cc1ccc(Cl)cc1)=NO. The third-order valence-electron chi connectivity index (χ3n) is 3.78. The van der Waals surface area contributed by atoms with Gasteiger partial charge in [-0.15, -0.1) is 0 Å². The van der Waals surface area contributed by atoms with Gasteiger partial charge in [-0.25, -0.2) is 4.79 Å². The molecule has 5 nitrogen and oxygen atoms in total. The molecule has 6 heteroatoms. The molecule has 0 bridgehead atoms. The highest BCUT2D eigenvalue weighted by Gasteiger charge is 2.21. The predicted octanol–water partition coefficient (Wildman–Crippen LogP) is 4.22. The van der Waals surface area contributed by atoms with E-state index in [4.69, 9.17) is 16.3 Å². The highest BCUT2D eigenvalue weighted by atomic mass is 35.5. The van der Waals surface area contributed by atoms with Crippen LogP contribution in [0.25, 0.3) is 5.57 Å². The molecule has 0 radical (unpaired) electrons. The Morgan fingerprint density at radius 1 is 1.12 bits per heavy atom. The molecule has 2 aromatic rings. The average molecular weight is 360 g/mol. The molecular weight excluding hydrogens is 342 g/mol. The summed E-state index contributed by atoms with van der Waals surface area (Å²) in [5.74, 6) is -0.848. The standard InChI is InChI=1S/C19H18ClNO4/c1-12(25-2)18(19(22)23)16-6-4-3-5-15(16)17(21-24)11-13-7-9-14(20)10-8-13/h3-10,24H,11H2,1-2H3,(H,22,23). The number of carboxylic acid groups (broad SMARTS) is 1. The molecule has 0 saturated heterocycles. The maximum atomic E-state index is 11.7. The van der Waals surface area contributed by atoms with Gasteiger partial charge < -0.3 is 15.1 Å². The zero-order chi connectivity index (χ0) is 18.4. The van der Waals surface area contributed by atoms with Crippen LogP contribution >= 0.6 is 11.6 Å². The van der Waals surface area contributed by atoms with E-state index in [-0.39, 0.29) is 11.3 Å². The lowest BCUT2D eigenvalue weighted by Crippen LogP contribution is -2.12. The van der Waals surface area contributed by atoms with Crippen molar-refractivity contribution in [1.29, 1.82) is 0 Å². The van der Waals surface area contributed by atoms with Crippen molar-refractivity contribution in [3.63, 3.8) is 0 Å². The van der Waals surface area contributed by atoms with Crippen LogP contribution in [0.3, 0.4) is 0 Å². The Bertz CT molecular complexity index is 826. The van der Waals surface area contributed by atoms with E-state index in [2.05, 4.69) is 5.16 Å². The zero-order valence-corrected chi connectivity index (χ0v) is 14.6. The fourth-order valence-corrected chi connectivity index (χ4v) is 2.62. The number of aliphatic carboxylic acids is 1. The number of allylic oxidation sites excluding steroid dienone is 1. The fourth-order valence-electron chi connectivity index (χ4n) is 2.49. The topological polar surface area (TPSA) is 79.1 Å². The first kappa shape index (κ1) is 18.5. The molecule has 2 aromatic carbocycles. The van der Waals surface area contributed by atoms with E-state index in [1.54, 1.807) is 43.3 Å². The maximum absolute atomic E-state index is 11.7. The number of methoxy groups -OCH3 is 1. The molecule has 0 unspecified atom stereocenters. The molecule has 0 aliphatic rings. The lowest BCUT2D eigenvalue weighted by atomic mass is 9.93. The first-order chi connectivity index (χ1) is 12.0. The summed E-state index contributed by atoms with van der Waals surface area (Å²) in [5.41, 5.74) is 2.21. The van der Waals surface area contributed by atoms with Gasteiger partial charge in [-0.05, 0) is 24.6 Å². The maximum Gasteiger partial charge on any atom is 0.339 e. The quantitative estimate of drug-likeness (QED) is 0.266.